The zero-order chi connectivity index (χ0) is 10.4. The molecular formula is C9H19NO3S. The average molecular weight is 221 g/mol. The Labute approximate surface area is 85.9 Å². The van der Waals surface area contributed by atoms with Gasteiger partial charge in [0.1, 0.15) is 9.84 Å². The highest BCUT2D eigenvalue weighted by atomic mass is 32.2. The van der Waals surface area contributed by atoms with E-state index in [1.54, 1.807) is 0 Å². The number of rotatable bonds is 7. The SMILES string of the molecule is CS(=O)(=O)CCNCCOC1CCC1. The quantitative estimate of drug-likeness (QED) is 0.624. The molecule has 0 bridgehead atoms. The molecule has 0 aromatic carbocycles. The van der Waals surface area contributed by atoms with Crippen LogP contribution in [0.1, 0.15) is 19.3 Å². The summed E-state index contributed by atoms with van der Waals surface area (Å²) < 4.78 is 27.0. The predicted molar refractivity (Wildman–Crippen MR) is 56.2 cm³/mol. The Morgan fingerprint density at radius 3 is 2.57 bits per heavy atom. The van der Waals surface area contributed by atoms with E-state index >= 15 is 0 Å². The minimum Gasteiger partial charge on any atom is -0.377 e. The Morgan fingerprint density at radius 2 is 2.07 bits per heavy atom. The molecule has 1 saturated carbocycles. The van der Waals surface area contributed by atoms with Gasteiger partial charge in [0.15, 0.2) is 0 Å². The summed E-state index contributed by atoms with van der Waals surface area (Å²) in [5, 5.41) is 3.04. The van der Waals surface area contributed by atoms with Crippen molar-refractivity contribution in [3.05, 3.63) is 0 Å². The molecule has 0 aromatic rings. The van der Waals surface area contributed by atoms with Gasteiger partial charge in [-0.15, -0.1) is 0 Å². The van der Waals surface area contributed by atoms with Gasteiger partial charge in [0.2, 0.25) is 0 Å². The lowest BCUT2D eigenvalue weighted by molar-refractivity contribution is 0.00445. The molecule has 5 heteroatoms. The molecule has 0 atom stereocenters. The van der Waals surface area contributed by atoms with Gasteiger partial charge in [-0.2, -0.15) is 0 Å². The van der Waals surface area contributed by atoms with E-state index in [0.717, 1.165) is 6.54 Å². The summed E-state index contributed by atoms with van der Waals surface area (Å²) >= 11 is 0. The Balaban J connectivity index is 1.84. The molecule has 0 heterocycles. The number of hydrogen-bond acceptors (Lipinski definition) is 4. The zero-order valence-electron chi connectivity index (χ0n) is 8.66. The lowest BCUT2D eigenvalue weighted by Gasteiger charge is -2.25. The molecular weight excluding hydrogens is 202 g/mol. The van der Waals surface area contributed by atoms with Gasteiger partial charge >= 0.3 is 0 Å². The smallest absolute Gasteiger partial charge is 0.148 e. The lowest BCUT2D eigenvalue weighted by atomic mass is 9.96. The van der Waals surface area contributed by atoms with E-state index in [0.29, 0.717) is 19.3 Å². The summed E-state index contributed by atoms with van der Waals surface area (Å²) in [6, 6.07) is 0. The third-order valence-electron chi connectivity index (χ3n) is 2.33. The van der Waals surface area contributed by atoms with E-state index in [1.807, 2.05) is 0 Å². The number of ether oxygens (including phenoxy) is 1. The van der Waals surface area contributed by atoms with Crippen LogP contribution in [-0.4, -0.2) is 46.2 Å². The molecule has 14 heavy (non-hydrogen) atoms. The van der Waals surface area contributed by atoms with Crippen LogP contribution in [0.25, 0.3) is 0 Å². The molecule has 1 N–H and O–H groups in total. The largest absolute Gasteiger partial charge is 0.377 e. The van der Waals surface area contributed by atoms with E-state index < -0.39 is 9.84 Å². The molecule has 84 valence electrons. The van der Waals surface area contributed by atoms with Crippen LogP contribution in [0.5, 0.6) is 0 Å². The van der Waals surface area contributed by atoms with Crippen molar-refractivity contribution in [2.75, 3.05) is 31.7 Å². The maximum atomic E-state index is 10.8. The topological polar surface area (TPSA) is 55.4 Å². The highest BCUT2D eigenvalue weighted by Crippen LogP contribution is 2.21. The highest BCUT2D eigenvalue weighted by Gasteiger charge is 2.16. The van der Waals surface area contributed by atoms with Gasteiger partial charge < -0.3 is 10.1 Å². The summed E-state index contributed by atoms with van der Waals surface area (Å²) in [6.45, 7) is 1.95. The van der Waals surface area contributed by atoms with Crippen LogP contribution >= 0.6 is 0 Å². The summed E-state index contributed by atoms with van der Waals surface area (Å²) in [6.07, 6.45) is 5.37. The van der Waals surface area contributed by atoms with Gasteiger partial charge in [0, 0.05) is 19.3 Å². The Bertz CT molecular complexity index is 247. The van der Waals surface area contributed by atoms with Crippen molar-refractivity contribution in [1.82, 2.24) is 5.32 Å². The molecule has 1 aliphatic carbocycles. The average Bonchev–Trinajstić information content (AvgIpc) is 1.97. The monoisotopic (exact) mass is 221 g/mol. The predicted octanol–water partition coefficient (Wildman–Crippen LogP) is 0.190. The van der Waals surface area contributed by atoms with Crippen LogP contribution in [-0.2, 0) is 14.6 Å². The van der Waals surface area contributed by atoms with Crippen molar-refractivity contribution in [2.45, 2.75) is 25.4 Å². The Morgan fingerprint density at radius 1 is 1.36 bits per heavy atom. The maximum absolute atomic E-state index is 10.8. The van der Waals surface area contributed by atoms with Crippen molar-refractivity contribution in [2.24, 2.45) is 0 Å². The van der Waals surface area contributed by atoms with Gasteiger partial charge in [-0.25, -0.2) is 8.42 Å². The number of hydrogen-bond donors (Lipinski definition) is 1. The first-order chi connectivity index (χ1) is 6.58. The minimum atomic E-state index is -2.82. The number of nitrogens with one attached hydrogen (secondary N) is 1. The molecule has 0 aromatic heterocycles. The van der Waals surface area contributed by atoms with E-state index in [4.69, 9.17) is 4.74 Å². The van der Waals surface area contributed by atoms with E-state index in [1.165, 1.54) is 25.5 Å². The van der Waals surface area contributed by atoms with Crippen molar-refractivity contribution >= 4 is 9.84 Å². The molecule has 0 spiro atoms. The lowest BCUT2D eigenvalue weighted by Crippen LogP contribution is -2.29. The van der Waals surface area contributed by atoms with Crippen LogP contribution in [0.15, 0.2) is 0 Å². The van der Waals surface area contributed by atoms with Crippen LogP contribution in [0.3, 0.4) is 0 Å². The molecule has 0 unspecified atom stereocenters. The Kier molecular flexibility index (Phi) is 4.84. The third-order valence-corrected chi connectivity index (χ3v) is 3.28. The van der Waals surface area contributed by atoms with Crippen LogP contribution < -0.4 is 5.32 Å². The third kappa shape index (κ3) is 5.57. The first kappa shape index (κ1) is 11.9. The van der Waals surface area contributed by atoms with Gasteiger partial charge in [0.25, 0.3) is 0 Å². The molecule has 1 fully saturated rings. The first-order valence-electron chi connectivity index (χ1n) is 5.08. The molecule has 0 radical (unpaired) electrons. The first-order valence-corrected chi connectivity index (χ1v) is 7.14. The van der Waals surface area contributed by atoms with Crippen molar-refractivity contribution in [3.8, 4) is 0 Å². The summed E-state index contributed by atoms with van der Waals surface area (Å²) in [5.74, 6) is 0.205. The molecule has 0 amide bonds. The summed E-state index contributed by atoms with van der Waals surface area (Å²) in [7, 11) is -2.82. The van der Waals surface area contributed by atoms with Crippen molar-refractivity contribution in [3.63, 3.8) is 0 Å². The fourth-order valence-electron chi connectivity index (χ4n) is 1.22. The summed E-state index contributed by atoms with van der Waals surface area (Å²) in [4.78, 5) is 0. The van der Waals surface area contributed by atoms with E-state index in [2.05, 4.69) is 5.32 Å². The summed E-state index contributed by atoms with van der Waals surface area (Å²) in [5.41, 5.74) is 0. The van der Waals surface area contributed by atoms with E-state index in [-0.39, 0.29) is 5.75 Å². The van der Waals surface area contributed by atoms with E-state index in [9.17, 15) is 8.42 Å². The maximum Gasteiger partial charge on any atom is 0.148 e. The molecule has 0 aliphatic heterocycles. The standard InChI is InChI=1S/C9H19NO3S/c1-14(11,12)8-6-10-5-7-13-9-3-2-4-9/h9-10H,2-8H2,1H3. The van der Waals surface area contributed by atoms with Gasteiger partial charge in [0.05, 0.1) is 18.5 Å². The van der Waals surface area contributed by atoms with Crippen LogP contribution in [0.4, 0.5) is 0 Å². The second-order valence-corrected chi connectivity index (χ2v) is 6.06. The van der Waals surface area contributed by atoms with Gasteiger partial charge in [-0.1, -0.05) is 0 Å². The molecule has 0 saturated heterocycles. The van der Waals surface area contributed by atoms with Crippen LogP contribution in [0.2, 0.25) is 0 Å². The minimum absolute atomic E-state index is 0.205. The molecule has 4 nitrogen and oxygen atoms in total. The van der Waals surface area contributed by atoms with Crippen molar-refractivity contribution < 1.29 is 13.2 Å². The fraction of sp³-hybridized carbons (Fsp3) is 1.00. The number of sulfone groups is 1. The molecule has 1 rings (SSSR count). The molecule has 1 aliphatic rings. The second-order valence-electron chi connectivity index (χ2n) is 3.80. The van der Waals surface area contributed by atoms with Crippen LogP contribution in [0, 0.1) is 0 Å². The van der Waals surface area contributed by atoms with Gasteiger partial charge in [-0.3, -0.25) is 0 Å². The normalized spacial score (nSPS) is 18.1. The zero-order valence-corrected chi connectivity index (χ0v) is 9.48. The highest BCUT2D eigenvalue weighted by molar-refractivity contribution is 7.90. The van der Waals surface area contributed by atoms with Gasteiger partial charge in [-0.05, 0) is 19.3 Å². The fourth-order valence-corrected chi connectivity index (χ4v) is 1.73. The van der Waals surface area contributed by atoms with Crippen molar-refractivity contribution in [1.29, 1.82) is 0 Å². The second kappa shape index (κ2) is 5.68. The Hall–Kier alpha value is -0.130.